The Kier molecular flexibility index (Phi) is 2.52. The molecule has 1 heterocycles. The number of nitrogens with one attached hydrogen (secondary N) is 1. The van der Waals surface area contributed by atoms with E-state index in [0.717, 1.165) is 0 Å². The number of oxime groups is 1. The number of aromatic nitrogens is 2. The highest BCUT2D eigenvalue weighted by atomic mass is 16.4. The Labute approximate surface area is 69.7 Å². The Bertz CT molecular complexity index is 279. The second-order valence-electron chi connectivity index (χ2n) is 2.32. The number of hydrogen-bond acceptors (Lipinski definition) is 4. The van der Waals surface area contributed by atoms with Gasteiger partial charge >= 0.3 is 0 Å². The fourth-order valence-corrected chi connectivity index (χ4v) is 0.726. The zero-order valence-electron chi connectivity index (χ0n) is 6.73. The maximum Gasteiger partial charge on any atom is 0.158 e. The lowest BCUT2D eigenvalue weighted by Crippen LogP contribution is -2.22. The minimum atomic E-state index is 0.126. The van der Waals surface area contributed by atoms with Crippen molar-refractivity contribution in [2.24, 2.45) is 17.9 Å². The quantitative estimate of drug-likeness (QED) is 0.248. The summed E-state index contributed by atoms with van der Waals surface area (Å²) in [5.41, 5.74) is 5.23. The van der Waals surface area contributed by atoms with Crippen LogP contribution in [-0.4, -0.2) is 27.4 Å². The van der Waals surface area contributed by atoms with Gasteiger partial charge in [0, 0.05) is 19.3 Å². The molecular formula is C6H11N5O. The number of amidine groups is 1. The second kappa shape index (κ2) is 3.61. The highest BCUT2D eigenvalue weighted by Crippen LogP contribution is 1.98. The van der Waals surface area contributed by atoms with Crippen LogP contribution in [-0.2, 0) is 7.05 Å². The maximum absolute atomic E-state index is 8.22. The third-order valence-electron chi connectivity index (χ3n) is 1.29. The number of anilines is 1. The van der Waals surface area contributed by atoms with Crippen molar-refractivity contribution in [2.45, 2.75) is 0 Å². The molecule has 0 spiro atoms. The van der Waals surface area contributed by atoms with E-state index in [0.29, 0.717) is 5.82 Å². The van der Waals surface area contributed by atoms with E-state index >= 15 is 0 Å². The van der Waals surface area contributed by atoms with Crippen molar-refractivity contribution in [1.82, 2.24) is 9.78 Å². The summed E-state index contributed by atoms with van der Waals surface area (Å²) in [7, 11) is 1.81. The molecule has 6 nitrogen and oxygen atoms in total. The summed E-state index contributed by atoms with van der Waals surface area (Å²) in [6, 6.07) is 1.80. The Hall–Kier alpha value is -1.72. The second-order valence-corrected chi connectivity index (χ2v) is 2.32. The molecule has 0 aliphatic heterocycles. The summed E-state index contributed by atoms with van der Waals surface area (Å²) in [6.45, 7) is 0.285. The van der Waals surface area contributed by atoms with Crippen LogP contribution in [0, 0.1) is 0 Å². The number of aryl methyl sites for hydroxylation is 1. The van der Waals surface area contributed by atoms with Crippen molar-refractivity contribution in [3.8, 4) is 0 Å². The number of nitrogens with zero attached hydrogens (tertiary/aromatic N) is 3. The van der Waals surface area contributed by atoms with Gasteiger partial charge in [0.25, 0.3) is 0 Å². The molecule has 12 heavy (non-hydrogen) atoms. The first-order valence-corrected chi connectivity index (χ1v) is 3.42. The van der Waals surface area contributed by atoms with E-state index in [9.17, 15) is 0 Å². The van der Waals surface area contributed by atoms with E-state index in [-0.39, 0.29) is 12.4 Å². The maximum atomic E-state index is 8.22. The molecule has 0 saturated carbocycles. The lowest BCUT2D eigenvalue weighted by Gasteiger charge is -1.99. The molecule has 0 radical (unpaired) electrons. The molecule has 1 rings (SSSR count). The van der Waals surface area contributed by atoms with E-state index < -0.39 is 0 Å². The van der Waals surface area contributed by atoms with Gasteiger partial charge in [-0.3, -0.25) is 4.68 Å². The van der Waals surface area contributed by atoms with Crippen molar-refractivity contribution in [2.75, 3.05) is 11.9 Å². The van der Waals surface area contributed by atoms with E-state index in [1.54, 1.807) is 16.9 Å². The highest BCUT2D eigenvalue weighted by molar-refractivity contribution is 5.83. The summed E-state index contributed by atoms with van der Waals surface area (Å²) in [4.78, 5) is 0. The van der Waals surface area contributed by atoms with Crippen molar-refractivity contribution in [3.63, 3.8) is 0 Å². The molecule has 0 aromatic carbocycles. The fraction of sp³-hybridized carbons (Fsp3) is 0.333. The predicted molar refractivity (Wildman–Crippen MR) is 45.1 cm³/mol. The van der Waals surface area contributed by atoms with Gasteiger partial charge in [-0.15, -0.1) is 0 Å². The Morgan fingerprint density at radius 2 is 2.67 bits per heavy atom. The van der Waals surface area contributed by atoms with E-state index in [1.807, 2.05) is 7.05 Å². The molecule has 0 aliphatic rings. The summed E-state index contributed by atoms with van der Waals surface area (Å²) >= 11 is 0. The molecule has 0 bridgehead atoms. The van der Waals surface area contributed by atoms with Gasteiger partial charge in [-0.05, 0) is 0 Å². The Morgan fingerprint density at radius 3 is 3.17 bits per heavy atom. The van der Waals surface area contributed by atoms with Gasteiger partial charge in [0.2, 0.25) is 0 Å². The van der Waals surface area contributed by atoms with Crippen molar-refractivity contribution in [1.29, 1.82) is 0 Å². The van der Waals surface area contributed by atoms with Crippen LogP contribution in [0.3, 0.4) is 0 Å². The molecule has 0 unspecified atom stereocenters. The molecule has 1 aromatic rings. The first-order chi connectivity index (χ1) is 5.72. The van der Waals surface area contributed by atoms with Gasteiger partial charge in [0.05, 0.1) is 6.54 Å². The fourth-order valence-electron chi connectivity index (χ4n) is 0.726. The molecule has 1 aromatic heterocycles. The average Bonchev–Trinajstić information content (AvgIpc) is 2.47. The summed E-state index contributed by atoms with van der Waals surface area (Å²) in [6.07, 6.45) is 1.80. The SMILES string of the molecule is Cn1ccc(NCC(N)=NO)n1. The first kappa shape index (κ1) is 8.38. The molecule has 4 N–H and O–H groups in total. The first-order valence-electron chi connectivity index (χ1n) is 3.42. The van der Waals surface area contributed by atoms with Gasteiger partial charge in [0.1, 0.15) is 5.82 Å². The number of hydrogen-bond donors (Lipinski definition) is 3. The minimum Gasteiger partial charge on any atom is -0.409 e. The van der Waals surface area contributed by atoms with Crippen LogP contribution in [0.4, 0.5) is 5.82 Å². The molecule has 0 saturated heterocycles. The van der Waals surface area contributed by atoms with Crippen LogP contribution in [0.15, 0.2) is 17.4 Å². The van der Waals surface area contributed by atoms with Gasteiger partial charge in [0.15, 0.2) is 5.84 Å². The van der Waals surface area contributed by atoms with Crippen LogP contribution >= 0.6 is 0 Å². The highest BCUT2D eigenvalue weighted by Gasteiger charge is 1.96. The van der Waals surface area contributed by atoms with Crippen LogP contribution in [0.5, 0.6) is 0 Å². The number of rotatable bonds is 3. The van der Waals surface area contributed by atoms with Crippen LogP contribution < -0.4 is 11.1 Å². The molecular weight excluding hydrogens is 158 g/mol. The van der Waals surface area contributed by atoms with Gasteiger partial charge in [-0.2, -0.15) is 5.10 Å². The third kappa shape index (κ3) is 2.15. The van der Waals surface area contributed by atoms with Crippen molar-refractivity contribution < 1.29 is 5.21 Å². The minimum absolute atomic E-state index is 0.126. The van der Waals surface area contributed by atoms with Gasteiger partial charge < -0.3 is 16.3 Å². The monoisotopic (exact) mass is 169 g/mol. The summed E-state index contributed by atoms with van der Waals surface area (Å²) in [5.74, 6) is 0.824. The van der Waals surface area contributed by atoms with E-state index in [1.165, 1.54) is 0 Å². The van der Waals surface area contributed by atoms with Crippen LogP contribution in [0.1, 0.15) is 0 Å². The zero-order valence-corrected chi connectivity index (χ0v) is 6.73. The lowest BCUT2D eigenvalue weighted by atomic mass is 10.5. The summed E-state index contributed by atoms with van der Waals surface area (Å²) in [5, 5.41) is 17.9. The predicted octanol–water partition coefficient (Wildman–Crippen LogP) is -0.422. The standard InChI is InChI=1S/C6H11N5O/c1-11-3-2-6(9-11)8-4-5(7)10-12/h2-3,12H,4H2,1H3,(H2,7,10)(H,8,9). The molecule has 0 aliphatic carbocycles. The van der Waals surface area contributed by atoms with Crippen molar-refractivity contribution >= 4 is 11.7 Å². The normalized spacial score (nSPS) is 11.6. The van der Waals surface area contributed by atoms with Crippen LogP contribution in [0.25, 0.3) is 0 Å². The molecule has 0 amide bonds. The molecule has 6 heteroatoms. The molecule has 0 fully saturated rings. The Balaban J connectivity index is 2.43. The smallest absolute Gasteiger partial charge is 0.158 e. The van der Waals surface area contributed by atoms with E-state index in [2.05, 4.69) is 15.6 Å². The zero-order chi connectivity index (χ0) is 8.97. The average molecular weight is 169 g/mol. The van der Waals surface area contributed by atoms with Gasteiger partial charge in [-0.1, -0.05) is 5.16 Å². The summed E-state index contributed by atoms with van der Waals surface area (Å²) < 4.78 is 1.66. The van der Waals surface area contributed by atoms with E-state index in [4.69, 9.17) is 10.9 Å². The Morgan fingerprint density at radius 1 is 1.92 bits per heavy atom. The largest absolute Gasteiger partial charge is 0.409 e. The molecule has 66 valence electrons. The van der Waals surface area contributed by atoms with Crippen molar-refractivity contribution in [3.05, 3.63) is 12.3 Å². The van der Waals surface area contributed by atoms with Crippen LogP contribution in [0.2, 0.25) is 0 Å². The molecule has 0 atom stereocenters. The lowest BCUT2D eigenvalue weighted by molar-refractivity contribution is 0.317. The topological polar surface area (TPSA) is 88.5 Å². The number of nitrogens with two attached hydrogens (primary N) is 1. The van der Waals surface area contributed by atoms with Gasteiger partial charge in [-0.25, -0.2) is 0 Å². The third-order valence-corrected chi connectivity index (χ3v) is 1.29.